The summed E-state index contributed by atoms with van der Waals surface area (Å²) in [5.41, 5.74) is 2.74. The first-order chi connectivity index (χ1) is 9.75. The van der Waals surface area contributed by atoms with Gasteiger partial charge >= 0.3 is 0 Å². The Morgan fingerprint density at radius 2 is 1.50 bits per heavy atom. The van der Waals surface area contributed by atoms with E-state index in [1.807, 2.05) is 0 Å². The van der Waals surface area contributed by atoms with E-state index in [0.29, 0.717) is 12.1 Å². The minimum absolute atomic E-state index is 0.478. The van der Waals surface area contributed by atoms with E-state index in [9.17, 15) is 0 Å². The van der Waals surface area contributed by atoms with Crippen LogP contribution in [0.25, 0.3) is 0 Å². The zero-order chi connectivity index (χ0) is 13.9. The van der Waals surface area contributed by atoms with Crippen LogP contribution in [-0.4, -0.2) is 31.6 Å². The average Bonchev–Trinajstić information content (AvgIpc) is 2.94. The quantitative estimate of drug-likeness (QED) is 0.838. The highest BCUT2D eigenvalue weighted by atomic mass is 15.3. The van der Waals surface area contributed by atoms with Gasteiger partial charge in [0.15, 0.2) is 0 Å². The Morgan fingerprint density at radius 3 is 2.10 bits per heavy atom. The summed E-state index contributed by atoms with van der Waals surface area (Å²) < 4.78 is 0. The molecule has 0 N–H and O–H groups in total. The van der Waals surface area contributed by atoms with Crippen LogP contribution < -0.4 is 4.90 Å². The smallest absolute Gasteiger partial charge is 0.0558 e. The number of rotatable bonds is 3. The topological polar surface area (TPSA) is 6.48 Å². The van der Waals surface area contributed by atoms with Crippen molar-refractivity contribution in [1.29, 1.82) is 0 Å². The van der Waals surface area contributed by atoms with Gasteiger partial charge in [-0.25, -0.2) is 0 Å². The summed E-state index contributed by atoms with van der Waals surface area (Å²) in [4.78, 5) is 4.89. The highest BCUT2D eigenvalue weighted by molar-refractivity contribution is 5.50. The van der Waals surface area contributed by atoms with E-state index in [0.717, 1.165) is 6.54 Å². The van der Waals surface area contributed by atoms with Crippen LogP contribution in [0.5, 0.6) is 0 Å². The minimum Gasteiger partial charge on any atom is -0.363 e. The largest absolute Gasteiger partial charge is 0.363 e. The SMILES string of the molecule is CN(C)[C@H]1C[C@@H](c2ccccc2)N(c2ccccc2)C1. The Kier molecular flexibility index (Phi) is 3.75. The van der Waals surface area contributed by atoms with Crippen LogP contribution in [0.1, 0.15) is 18.0 Å². The standard InChI is InChI=1S/C18H22N2/c1-19(2)17-13-18(15-9-5-3-6-10-15)20(14-17)16-11-7-4-8-12-16/h3-12,17-18H,13-14H2,1-2H3/t17-,18-/m0/s1. The van der Waals surface area contributed by atoms with Gasteiger partial charge in [0.2, 0.25) is 0 Å². The molecule has 1 aliphatic rings. The van der Waals surface area contributed by atoms with Crippen molar-refractivity contribution < 1.29 is 0 Å². The van der Waals surface area contributed by atoms with Gasteiger partial charge in [-0.2, -0.15) is 0 Å². The number of nitrogens with zero attached hydrogens (tertiary/aromatic N) is 2. The molecule has 0 amide bonds. The normalized spacial score (nSPS) is 22.4. The molecule has 2 aromatic carbocycles. The summed E-state index contributed by atoms with van der Waals surface area (Å²) >= 11 is 0. The summed E-state index contributed by atoms with van der Waals surface area (Å²) in [6.45, 7) is 1.09. The summed E-state index contributed by atoms with van der Waals surface area (Å²) in [6, 6.07) is 22.7. The molecule has 2 nitrogen and oxygen atoms in total. The van der Waals surface area contributed by atoms with Crippen molar-refractivity contribution in [2.45, 2.75) is 18.5 Å². The first-order valence-corrected chi connectivity index (χ1v) is 7.29. The molecule has 1 heterocycles. The maximum Gasteiger partial charge on any atom is 0.0558 e. The molecule has 3 rings (SSSR count). The molecular formula is C18H22N2. The number of anilines is 1. The van der Waals surface area contributed by atoms with Crippen molar-refractivity contribution in [3.05, 3.63) is 66.2 Å². The van der Waals surface area contributed by atoms with E-state index in [4.69, 9.17) is 0 Å². The Hall–Kier alpha value is -1.80. The number of para-hydroxylation sites is 1. The molecule has 0 aliphatic carbocycles. The first-order valence-electron chi connectivity index (χ1n) is 7.29. The fourth-order valence-electron chi connectivity index (χ4n) is 3.08. The Bertz CT molecular complexity index is 488. The van der Waals surface area contributed by atoms with Crippen LogP contribution in [0, 0.1) is 0 Å². The van der Waals surface area contributed by atoms with Crippen molar-refractivity contribution in [2.24, 2.45) is 0 Å². The van der Waals surface area contributed by atoms with Gasteiger partial charge < -0.3 is 9.80 Å². The molecule has 2 heteroatoms. The van der Waals surface area contributed by atoms with Gasteiger partial charge in [0, 0.05) is 18.3 Å². The summed E-state index contributed by atoms with van der Waals surface area (Å²) in [6.07, 6.45) is 1.19. The molecule has 104 valence electrons. The van der Waals surface area contributed by atoms with E-state index in [1.54, 1.807) is 0 Å². The summed E-state index contributed by atoms with van der Waals surface area (Å²) in [5.74, 6) is 0. The van der Waals surface area contributed by atoms with Crippen molar-refractivity contribution in [1.82, 2.24) is 4.90 Å². The van der Waals surface area contributed by atoms with Crippen molar-refractivity contribution >= 4 is 5.69 Å². The fraction of sp³-hybridized carbons (Fsp3) is 0.333. The lowest BCUT2D eigenvalue weighted by Crippen LogP contribution is -2.31. The number of benzene rings is 2. The van der Waals surface area contributed by atoms with E-state index in [-0.39, 0.29) is 0 Å². The van der Waals surface area contributed by atoms with Gasteiger partial charge in [-0.1, -0.05) is 48.5 Å². The maximum atomic E-state index is 2.54. The first kappa shape index (κ1) is 13.2. The van der Waals surface area contributed by atoms with Gasteiger partial charge in [0.25, 0.3) is 0 Å². The van der Waals surface area contributed by atoms with Crippen LogP contribution in [0.2, 0.25) is 0 Å². The van der Waals surface area contributed by atoms with Gasteiger partial charge in [-0.05, 0) is 38.2 Å². The molecule has 0 bridgehead atoms. The second-order valence-corrected chi connectivity index (χ2v) is 5.77. The van der Waals surface area contributed by atoms with Crippen LogP contribution in [0.15, 0.2) is 60.7 Å². The van der Waals surface area contributed by atoms with Gasteiger partial charge in [-0.3, -0.25) is 0 Å². The molecule has 2 aromatic rings. The molecule has 0 radical (unpaired) electrons. The Labute approximate surface area is 121 Å². The molecule has 0 unspecified atom stereocenters. The lowest BCUT2D eigenvalue weighted by Gasteiger charge is -2.27. The monoisotopic (exact) mass is 266 g/mol. The van der Waals surface area contributed by atoms with E-state index in [1.165, 1.54) is 17.7 Å². The maximum absolute atomic E-state index is 2.54. The molecule has 20 heavy (non-hydrogen) atoms. The van der Waals surface area contributed by atoms with E-state index < -0.39 is 0 Å². The third-order valence-electron chi connectivity index (χ3n) is 4.28. The second-order valence-electron chi connectivity index (χ2n) is 5.77. The third-order valence-corrected chi connectivity index (χ3v) is 4.28. The lowest BCUT2D eigenvalue weighted by molar-refractivity contribution is 0.310. The minimum atomic E-state index is 0.478. The van der Waals surface area contributed by atoms with Crippen molar-refractivity contribution in [3.63, 3.8) is 0 Å². The fourth-order valence-corrected chi connectivity index (χ4v) is 3.08. The number of hydrogen-bond donors (Lipinski definition) is 0. The van der Waals surface area contributed by atoms with Crippen LogP contribution >= 0.6 is 0 Å². The number of likely N-dealkylation sites (N-methyl/N-ethyl adjacent to an activating group) is 1. The molecule has 0 aromatic heterocycles. The van der Waals surface area contributed by atoms with Gasteiger partial charge in [0.1, 0.15) is 0 Å². The number of hydrogen-bond acceptors (Lipinski definition) is 2. The van der Waals surface area contributed by atoms with Crippen LogP contribution in [0.3, 0.4) is 0 Å². The molecule has 0 spiro atoms. The zero-order valence-corrected chi connectivity index (χ0v) is 12.2. The van der Waals surface area contributed by atoms with Crippen molar-refractivity contribution in [3.8, 4) is 0 Å². The predicted molar refractivity (Wildman–Crippen MR) is 85.1 cm³/mol. The second kappa shape index (κ2) is 5.68. The zero-order valence-electron chi connectivity index (χ0n) is 12.2. The lowest BCUT2D eigenvalue weighted by atomic mass is 10.0. The average molecular weight is 266 g/mol. The van der Waals surface area contributed by atoms with E-state index >= 15 is 0 Å². The molecule has 1 aliphatic heterocycles. The highest BCUT2D eigenvalue weighted by Crippen LogP contribution is 2.37. The molecule has 0 saturated carbocycles. The Morgan fingerprint density at radius 1 is 0.900 bits per heavy atom. The van der Waals surface area contributed by atoms with Crippen molar-refractivity contribution in [2.75, 3.05) is 25.5 Å². The molecule has 1 fully saturated rings. The van der Waals surface area contributed by atoms with Gasteiger partial charge in [-0.15, -0.1) is 0 Å². The van der Waals surface area contributed by atoms with E-state index in [2.05, 4.69) is 84.6 Å². The highest BCUT2D eigenvalue weighted by Gasteiger charge is 2.34. The third kappa shape index (κ3) is 2.56. The predicted octanol–water partition coefficient (Wildman–Crippen LogP) is 3.57. The van der Waals surface area contributed by atoms with Gasteiger partial charge in [0.05, 0.1) is 6.04 Å². The van der Waals surface area contributed by atoms with Crippen LogP contribution in [0.4, 0.5) is 5.69 Å². The summed E-state index contributed by atoms with van der Waals surface area (Å²) in [5, 5.41) is 0. The Balaban J connectivity index is 1.93. The summed E-state index contributed by atoms with van der Waals surface area (Å²) in [7, 11) is 4.36. The molecule has 1 saturated heterocycles. The molecular weight excluding hydrogens is 244 g/mol. The van der Waals surface area contributed by atoms with Crippen LogP contribution in [-0.2, 0) is 0 Å². The molecule has 2 atom stereocenters.